The first-order valence-corrected chi connectivity index (χ1v) is 7.04. The Morgan fingerprint density at radius 1 is 1.14 bits per heavy atom. The number of hydrogen-bond acceptors (Lipinski definition) is 3. The highest BCUT2D eigenvalue weighted by atomic mass is 16.1. The molecule has 0 fully saturated rings. The van der Waals surface area contributed by atoms with Gasteiger partial charge in [0.05, 0.1) is 11.3 Å². The molecule has 1 amide bonds. The van der Waals surface area contributed by atoms with E-state index in [0.717, 1.165) is 16.9 Å². The molecule has 0 radical (unpaired) electrons. The van der Waals surface area contributed by atoms with Gasteiger partial charge in [-0.3, -0.25) is 4.79 Å². The number of hydrogen-bond donors (Lipinski definition) is 3. The summed E-state index contributed by atoms with van der Waals surface area (Å²) in [5.41, 5.74) is 11.1. The number of amides is 1. The molecule has 2 aromatic carbocycles. The summed E-state index contributed by atoms with van der Waals surface area (Å²) >= 11 is 0. The van der Waals surface area contributed by atoms with Crippen LogP contribution in [-0.4, -0.2) is 12.5 Å². The predicted octanol–water partition coefficient (Wildman–Crippen LogP) is 3.38. The van der Waals surface area contributed by atoms with E-state index in [9.17, 15) is 4.79 Å². The second kappa shape index (κ2) is 6.31. The van der Waals surface area contributed by atoms with E-state index >= 15 is 0 Å². The molecule has 0 aliphatic carbocycles. The number of benzene rings is 2. The zero-order valence-corrected chi connectivity index (χ0v) is 12.7. The highest BCUT2D eigenvalue weighted by Gasteiger charge is 2.12. The largest absolute Gasteiger partial charge is 0.399 e. The van der Waals surface area contributed by atoms with Crippen molar-refractivity contribution in [3.8, 4) is 0 Å². The fraction of sp³-hybridized carbons (Fsp3) is 0.235. The SMILES string of the molecule is CCNC(=O)c1ccc(N)cc1Nc1cccc(C)c1C. The van der Waals surface area contributed by atoms with Crippen molar-refractivity contribution in [1.82, 2.24) is 5.32 Å². The van der Waals surface area contributed by atoms with Gasteiger partial charge in [0.15, 0.2) is 0 Å². The lowest BCUT2D eigenvalue weighted by Crippen LogP contribution is -2.23. The average Bonchev–Trinajstić information content (AvgIpc) is 2.44. The van der Waals surface area contributed by atoms with Crippen LogP contribution in [0.15, 0.2) is 36.4 Å². The van der Waals surface area contributed by atoms with Crippen LogP contribution in [0.2, 0.25) is 0 Å². The Kier molecular flexibility index (Phi) is 4.48. The van der Waals surface area contributed by atoms with E-state index in [1.807, 2.05) is 19.1 Å². The molecule has 0 spiro atoms. The Hall–Kier alpha value is -2.49. The van der Waals surface area contributed by atoms with Crippen LogP contribution in [0.3, 0.4) is 0 Å². The molecule has 0 aliphatic heterocycles. The predicted molar refractivity (Wildman–Crippen MR) is 88.1 cm³/mol. The second-order valence-electron chi connectivity index (χ2n) is 5.04. The van der Waals surface area contributed by atoms with E-state index in [4.69, 9.17) is 5.73 Å². The lowest BCUT2D eigenvalue weighted by atomic mass is 10.1. The minimum atomic E-state index is -0.106. The van der Waals surface area contributed by atoms with Gasteiger partial charge < -0.3 is 16.4 Å². The highest BCUT2D eigenvalue weighted by Crippen LogP contribution is 2.27. The molecule has 0 aromatic heterocycles. The fourth-order valence-electron chi connectivity index (χ4n) is 2.15. The number of nitrogen functional groups attached to an aromatic ring is 1. The molecule has 0 heterocycles. The van der Waals surface area contributed by atoms with E-state index in [2.05, 4.69) is 30.5 Å². The Morgan fingerprint density at radius 3 is 2.62 bits per heavy atom. The molecule has 0 unspecified atom stereocenters. The monoisotopic (exact) mass is 283 g/mol. The molecule has 4 N–H and O–H groups in total. The van der Waals surface area contributed by atoms with Crippen molar-refractivity contribution in [1.29, 1.82) is 0 Å². The van der Waals surface area contributed by atoms with Crippen LogP contribution in [0.1, 0.15) is 28.4 Å². The zero-order valence-electron chi connectivity index (χ0n) is 12.7. The summed E-state index contributed by atoms with van der Waals surface area (Å²) in [6.45, 7) is 6.60. The first-order valence-electron chi connectivity index (χ1n) is 7.04. The van der Waals surface area contributed by atoms with Crippen molar-refractivity contribution in [3.05, 3.63) is 53.1 Å². The van der Waals surface area contributed by atoms with Crippen LogP contribution in [0.25, 0.3) is 0 Å². The summed E-state index contributed by atoms with van der Waals surface area (Å²) < 4.78 is 0. The maximum absolute atomic E-state index is 12.1. The van der Waals surface area contributed by atoms with Crippen LogP contribution in [-0.2, 0) is 0 Å². The van der Waals surface area contributed by atoms with Gasteiger partial charge >= 0.3 is 0 Å². The maximum atomic E-state index is 12.1. The van der Waals surface area contributed by atoms with Gasteiger partial charge in [-0.05, 0) is 56.2 Å². The van der Waals surface area contributed by atoms with Crippen molar-refractivity contribution in [2.24, 2.45) is 0 Å². The molecule has 4 nitrogen and oxygen atoms in total. The number of rotatable bonds is 4. The smallest absolute Gasteiger partial charge is 0.253 e. The molecule has 2 aromatic rings. The lowest BCUT2D eigenvalue weighted by Gasteiger charge is -2.15. The summed E-state index contributed by atoms with van der Waals surface area (Å²) in [6.07, 6.45) is 0. The average molecular weight is 283 g/mol. The summed E-state index contributed by atoms with van der Waals surface area (Å²) in [5, 5.41) is 6.13. The fourth-order valence-corrected chi connectivity index (χ4v) is 2.15. The van der Waals surface area contributed by atoms with E-state index in [-0.39, 0.29) is 5.91 Å². The molecule has 0 aliphatic rings. The summed E-state index contributed by atoms with van der Waals surface area (Å²) in [5.74, 6) is -0.106. The molecule has 21 heavy (non-hydrogen) atoms. The van der Waals surface area contributed by atoms with Crippen LogP contribution < -0.4 is 16.4 Å². The first kappa shape index (κ1) is 14.9. The van der Waals surface area contributed by atoms with Gasteiger partial charge in [0.25, 0.3) is 5.91 Å². The number of nitrogens with two attached hydrogens (primary N) is 1. The Bertz CT molecular complexity index is 665. The molecule has 0 atom stereocenters. The molecular formula is C17H21N3O. The zero-order chi connectivity index (χ0) is 15.4. The van der Waals surface area contributed by atoms with Crippen LogP contribution in [0.4, 0.5) is 17.1 Å². The van der Waals surface area contributed by atoms with Crippen LogP contribution in [0.5, 0.6) is 0 Å². The van der Waals surface area contributed by atoms with Crippen molar-refractivity contribution in [2.75, 3.05) is 17.6 Å². The quantitative estimate of drug-likeness (QED) is 0.754. The van der Waals surface area contributed by atoms with Crippen molar-refractivity contribution < 1.29 is 4.79 Å². The maximum Gasteiger partial charge on any atom is 0.253 e. The number of nitrogens with one attached hydrogen (secondary N) is 2. The number of carbonyl (C=O) groups is 1. The van der Waals surface area contributed by atoms with Crippen molar-refractivity contribution >= 4 is 23.0 Å². The molecule has 0 bridgehead atoms. The minimum absolute atomic E-state index is 0.106. The van der Waals surface area contributed by atoms with Crippen LogP contribution >= 0.6 is 0 Å². The number of anilines is 3. The van der Waals surface area contributed by atoms with Gasteiger partial charge in [0, 0.05) is 17.9 Å². The van der Waals surface area contributed by atoms with Gasteiger partial charge in [0.2, 0.25) is 0 Å². The lowest BCUT2D eigenvalue weighted by molar-refractivity contribution is 0.0956. The summed E-state index contributed by atoms with van der Waals surface area (Å²) in [4.78, 5) is 12.1. The number of carbonyl (C=O) groups excluding carboxylic acids is 1. The third-order valence-electron chi connectivity index (χ3n) is 3.50. The van der Waals surface area contributed by atoms with Gasteiger partial charge in [-0.1, -0.05) is 12.1 Å². The number of aryl methyl sites for hydroxylation is 1. The second-order valence-corrected chi connectivity index (χ2v) is 5.04. The minimum Gasteiger partial charge on any atom is -0.399 e. The molecular weight excluding hydrogens is 262 g/mol. The normalized spacial score (nSPS) is 10.2. The first-order chi connectivity index (χ1) is 10.0. The van der Waals surface area contributed by atoms with Crippen molar-refractivity contribution in [2.45, 2.75) is 20.8 Å². The van der Waals surface area contributed by atoms with E-state index < -0.39 is 0 Å². The van der Waals surface area contributed by atoms with Crippen molar-refractivity contribution in [3.63, 3.8) is 0 Å². The topological polar surface area (TPSA) is 67.2 Å². The third-order valence-corrected chi connectivity index (χ3v) is 3.50. The molecule has 0 saturated heterocycles. The summed E-state index contributed by atoms with van der Waals surface area (Å²) in [7, 11) is 0. The standard InChI is InChI=1S/C17H21N3O/c1-4-19-17(21)14-9-8-13(18)10-16(14)20-15-7-5-6-11(2)12(15)3/h5-10,20H,4,18H2,1-3H3,(H,19,21). The summed E-state index contributed by atoms with van der Waals surface area (Å²) in [6, 6.07) is 11.3. The Labute approximate surface area is 125 Å². The van der Waals surface area contributed by atoms with Gasteiger partial charge in [-0.25, -0.2) is 0 Å². The van der Waals surface area contributed by atoms with E-state index in [1.165, 1.54) is 5.56 Å². The van der Waals surface area contributed by atoms with E-state index in [1.54, 1.807) is 18.2 Å². The van der Waals surface area contributed by atoms with E-state index in [0.29, 0.717) is 17.8 Å². The Morgan fingerprint density at radius 2 is 1.90 bits per heavy atom. The molecule has 2 rings (SSSR count). The highest BCUT2D eigenvalue weighted by molar-refractivity contribution is 6.01. The van der Waals surface area contributed by atoms with Gasteiger partial charge in [-0.2, -0.15) is 0 Å². The third kappa shape index (κ3) is 3.34. The molecule has 0 saturated carbocycles. The molecule has 110 valence electrons. The van der Waals surface area contributed by atoms with Gasteiger partial charge in [-0.15, -0.1) is 0 Å². The Balaban J connectivity index is 2.41. The van der Waals surface area contributed by atoms with Gasteiger partial charge in [0.1, 0.15) is 0 Å². The van der Waals surface area contributed by atoms with Crippen LogP contribution in [0, 0.1) is 13.8 Å². The molecule has 4 heteroatoms.